The van der Waals surface area contributed by atoms with Crippen LogP contribution in [-0.2, 0) is 0 Å². The number of nitrogens with one attached hydrogen (secondary N) is 1. The van der Waals surface area contributed by atoms with Crippen LogP contribution in [0.2, 0.25) is 0 Å². The summed E-state index contributed by atoms with van der Waals surface area (Å²) in [6.07, 6.45) is 3.34. The van der Waals surface area contributed by atoms with Gasteiger partial charge in [-0.05, 0) is 23.8 Å². The molecule has 0 amide bonds. The van der Waals surface area contributed by atoms with Crippen LogP contribution in [-0.4, -0.2) is 17.6 Å². The number of carboxylic acids is 1. The Balaban J connectivity index is 2.29. The van der Waals surface area contributed by atoms with E-state index in [0.717, 1.165) is 23.4 Å². The minimum atomic E-state index is -0.861. The molecule has 1 atom stereocenters. The zero-order valence-corrected chi connectivity index (χ0v) is 8.16. The van der Waals surface area contributed by atoms with Crippen LogP contribution in [0.3, 0.4) is 0 Å². The molecule has 0 spiro atoms. The molecule has 0 aromatic heterocycles. The molecule has 3 nitrogen and oxygen atoms in total. The molecule has 0 saturated carbocycles. The molecular formula is C12H11NO2. The Morgan fingerprint density at radius 1 is 1.47 bits per heavy atom. The maximum Gasteiger partial charge on any atom is 0.335 e. The van der Waals surface area contributed by atoms with Crippen LogP contribution in [0.5, 0.6) is 0 Å². The quantitative estimate of drug-likeness (QED) is 0.667. The van der Waals surface area contributed by atoms with E-state index in [4.69, 9.17) is 5.11 Å². The van der Waals surface area contributed by atoms with E-state index in [2.05, 4.69) is 11.4 Å². The molecule has 15 heavy (non-hydrogen) atoms. The normalized spacial score (nSPS) is 21.6. The minimum Gasteiger partial charge on any atom is -0.478 e. The minimum absolute atomic E-state index is 0.365. The second-order valence-corrected chi connectivity index (χ2v) is 4.01. The fraction of sp³-hybridized carbons (Fsp3) is 0.250. The van der Waals surface area contributed by atoms with Crippen LogP contribution in [0.15, 0.2) is 18.2 Å². The van der Waals surface area contributed by atoms with Gasteiger partial charge in [0.2, 0.25) is 0 Å². The second kappa shape index (κ2) is 2.86. The van der Waals surface area contributed by atoms with Gasteiger partial charge in [0.15, 0.2) is 0 Å². The molecule has 1 aliphatic carbocycles. The lowest BCUT2D eigenvalue weighted by atomic mass is 10.1. The summed E-state index contributed by atoms with van der Waals surface area (Å²) in [6.45, 7) is 0.993. The van der Waals surface area contributed by atoms with E-state index in [9.17, 15) is 4.79 Å². The van der Waals surface area contributed by atoms with Crippen molar-refractivity contribution in [2.45, 2.75) is 6.42 Å². The second-order valence-electron chi connectivity index (χ2n) is 4.01. The fourth-order valence-electron chi connectivity index (χ4n) is 2.38. The Kier molecular flexibility index (Phi) is 1.63. The number of aromatic carboxylic acids is 1. The van der Waals surface area contributed by atoms with Crippen molar-refractivity contribution in [3.05, 3.63) is 34.2 Å². The predicted molar refractivity (Wildman–Crippen MR) is 56.6 cm³/mol. The smallest absolute Gasteiger partial charge is 0.335 e. The van der Waals surface area contributed by atoms with Gasteiger partial charge >= 0.3 is 5.97 Å². The molecule has 1 fully saturated rings. The van der Waals surface area contributed by atoms with Gasteiger partial charge in [-0.25, -0.2) is 4.79 Å². The van der Waals surface area contributed by atoms with E-state index in [-0.39, 0.29) is 0 Å². The largest absolute Gasteiger partial charge is 0.478 e. The summed E-state index contributed by atoms with van der Waals surface area (Å²) < 4.78 is 0. The van der Waals surface area contributed by atoms with Crippen molar-refractivity contribution in [3.8, 4) is 0 Å². The summed E-state index contributed by atoms with van der Waals surface area (Å²) in [6, 6.07) is 5.33. The Morgan fingerprint density at radius 3 is 3.13 bits per heavy atom. The predicted octanol–water partition coefficient (Wildman–Crippen LogP) is -0.103. The molecule has 1 unspecified atom stereocenters. The van der Waals surface area contributed by atoms with E-state index in [1.165, 1.54) is 5.70 Å². The number of carbonyl (C=O) groups is 1. The highest BCUT2D eigenvalue weighted by Crippen LogP contribution is 2.22. The number of hydrogen-bond donors (Lipinski definition) is 2. The average Bonchev–Trinajstić information content (AvgIpc) is 2.75. The lowest BCUT2D eigenvalue weighted by molar-refractivity contribution is 0.0697. The molecule has 1 saturated heterocycles. The molecule has 1 aromatic carbocycles. The molecule has 0 radical (unpaired) electrons. The maximum absolute atomic E-state index is 10.9. The molecular weight excluding hydrogens is 190 g/mol. The first-order chi connectivity index (χ1) is 7.25. The number of benzene rings is 1. The van der Waals surface area contributed by atoms with Gasteiger partial charge in [-0.3, -0.25) is 0 Å². The molecule has 1 heterocycles. The molecule has 3 rings (SSSR count). The Bertz CT molecular complexity index is 559. The third-order valence-electron chi connectivity index (χ3n) is 3.11. The highest BCUT2D eigenvalue weighted by atomic mass is 16.4. The van der Waals surface area contributed by atoms with E-state index in [1.807, 2.05) is 6.07 Å². The fourth-order valence-corrected chi connectivity index (χ4v) is 2.38. The molecule has 1 aromatic rings. The van der Waals surface area contributed by atoms with E-state index in [0.29, 0.717) is 11.5 Å². The molecule has 2 aliphatic rings. The Hall–Kier alpha value is -1.77. The average molecular weight is 201 g/mol. The first kappa shape index (κ1) is 8.53. The summed E-state index contributed by atoms with van der Waals surface area (Å²) in [7, 11) is 0. The summed E-state index contributed by atoms with van der Waals surface area (Å²) >= 11 is 0. The molecule has 3 heteroatoms. The zero-order chi connectivity index (χ0) is 10.4. The number of rotatable bonds is 1. The molecule has 0 bridgehead atoms. The van der Waals surface area contributed by atoms with Gasteiger partial charge in [0.25, 0.3) is 0 Å². The van der Waals surface area contributed by atoms with Crippen molar-refractivity contribution in [3.63, 3.8) is 0 Å². The number of fused-ring (bicyclic) bond motifs is 2. The van der Waals surface area contributed by atoms with Crippen molar-refractivity contribution < 1.29 is 9.90 Å². The SMILES string of the molecule is O=C(O)c1ccc2c(c1)=C1NCCC1C=2. The molecule has 76 valence electrons. The van der Waals surface area contributed by atoms with Crippen molar-refractivity contribution in [2.24, 2.45) is 5.92 Å². The summed E-state index contributed by atoms with van der Waals surface area (Å²) in [5, 5.41) is 14.5. The van der Waals surface area contributed by atoms with Gasteiger partial charge in [0.1, 0.15) is 0 Å². The van der Waals surface area contributed by atoms with Gasteiger partial charge in [-0.1, -0.05) is 12.1 Å². The Labute approximate surface area is 86.7 Å². The first-order valence-electron chi connectivity index (χ1n) is 5.09. The monoisotopic (exact) mass is 201 g/mol. The highest BCUT2D eigenvalue weighted by molar-refractivity contribution is 5.88. The van der Waals surface area contributed by atoms with Crippen LogP contribution < -0.4 is 15.8 Å². The zero-order valence-electron chi connectivity index (χ0n) is 8.16. The van der Waals surface area contributed by atoms with Crippen LogP contribution in [0.1, 0.15) is 16.8 Å². The summed E-state index contributed by atoms with van der Waals surface area (Å²) in [4.78, 5) is 10.9. The van der Waals surface area contributed by atoms with Crippen LogP contribution in [0.4, 0.5) is 0 Å². The van der Waals surface area contributed by atoms with E-state index < -0.39 is 5.97 Å². The van der Waals surface area contributed by atoms with E-state index >= 15 is 0 Å². The van der Waals surface area contributed by atoms with Gasteiger partial charge in [0.05, 0.1) is 5.56 Å². The topological polar surface area (TPSA) is 49.3 Å². The number of hydrogen-bond acceptors (Lipinski definition) is 2. The van der Waals surface area contributed by atoms with Crippen molar-refractivity contribution in [1.82, 2.24) is 5.32 Å². The van der Waals surface area contributed by atoms with Gasteiger partial charge < -0.3 is 10.4 Å². The van der Waals surface area contributed by atoms with Gasteiger partial charge in [0, 0.05) is 23.4 Å². The Morgan fingerprint density at radius 2 is 2.33 bits per heavy atom. The third kappa shape index (κ3) is 1.16. The van der Waals surface area contributed by atoms with Crippen molar-refractivity contribution >= 4 is 17.7 Å². The molecule has 2 N–H and O–H groups in total. The van der Waals surface area contributed by atoms with Crippen molar-refractivity contribution in [1.29, 1.82) is 0 Å². The lowest BCUT2D eigenvalue weighted by Crippen LogP contribution is -2.27. The summed E-state index contributed by atoms with van der Waals surface area (Å²) in [5.74, 6) is -0.385. The van der Waals surface area contributed by atoms with Gasteiger partial charge in [-0.2, -0.15) is 0 Å². The summed E-state index contributed by atoms with van der Waals surface area (Å²) in [5.41, 5.74) is 1.57. The first-order valence-corrected chi connectivity index (χ1v) is 5.09. The van der Waals surface area contributed by atoms with Crippen molar-refractivity contribution in [2.75, 3.05) is 6.54 Å². The number of carboxylic acid groups (broad SMARTS) is 1. The molecule has 1 aliphatic heterocycles. The standard InChI is InChI=1S/C12H11NO2/c14-12(15)9-2-1-7-5-8-3-4-13-11(8)10(7)6-9/h1-2,5-6,8,13H,3-4H2,(H,14,15). The lowest BCUT2D eigenvalue weighted by Gasteiger charge is -1.99. The van der Waals surface area contributed by atoms with E-state index in [1.54, 1.807) is 12.1 Å². The van der Waals surface area contributed by atoms with Crippen LogP contribution in [0, 0.1) is 5.92 Å². The third-order valence-corrected chi connectivity index (χ3v) is 3.11. The van der Waals surface area contributed by atoms with Crippen LogP contribution >= 0.6 is 0 Å². The van der Waals surface area contributed by atoms with Crippen LogP contribution in [0.25, 0.3) is 11.8 Å². The van der Waals surface area contributed by atoms with Gasteiger partial charge in [-0.15, -0.1) is 0 Å². The maximum atomic E-state index is 10.9. The highest BCUT2D eigenvalue weighted by Gasteiger charge is 2.23.